The third-order valence-corrected chi connectivity index (χ3v) is 3.75. The van der Waals surface area contributed by atoms with Gasteiger partial charge >= 0.3 is 0 Å². The van der Waals surface area contributed by atoms with Crippen molar-refractivity contribution < 1.29 is 18.9 Å². The minimum absolute atomic E-state index is 0.311. The summed E-state index contributed by atoms with van der Waals surface area (Å²) in [5.74, 6) is 0.842. The van der Waals surface area contributed by atoms with Crippen LogP contribution in [0.15, 0.2) is 4.99 Å². The number of nitrogens with zero attached hydrogens (tertiary/aromatic N) is 1. The van der Waals surface area contributed by atoms with Crippen molar-refractivity contribution in [1.29, 1.82) is 0 Å². The first-order valence-electron chi connectivity index (χ1n) is 9.07. The summed E-state index contributed by atoms with van der Waals surface area (Å²) in [5.41, 5.74) is 0. The molecule has 0 amide bonds. The smallest absolute Gasteiger partial charge is 0.190 e. The molecule has 1 aliphatic rings. The van der Waals surface area contributed by atoms with Gasteiger partial charge in [0.1, 0.15) is 0 Å². The quantitative estimate of drug-likeness (QED) is 0.280. The maximum absolute atomic E-state index is 5.64. The second-order valence-electron chi connectivity index (χ2n) is 5.80. The van der Waals surface area contributed by atoms with E-state index in [1.54, 1.807) is 14.2 Å². The van der Waals surface area contributed by atoms with E-state index in [0.29, 0.717) is 19.3 Å². The van der Waals surface area contributed by atoms with Gasteiger partial charge in [0.2, 0.25) is 0 Å². The zero-order valence-corrected chi connectivity index (χ0v) is 15.3. The van der Waals surface area contributed by atoms with Gasteiger partial charge < -0.3 is 29.6 Å². The molecule has 7 nitrogen and oxygen atoms in total. The lowest BCUT2D eigenvalue weighted by Crippen LogP contribution is -2.38. The molecule has 1 fully saturated rings. The summed E-state index contributed by atoms with van der Waals surface area (Å²) in [6, 6.07) is 0. The van der Waals surface area contributed by atoms with Crippen molar-refractivity contribution in [3.63, 3.8) is 0 Å². The Kier molecular flexibility index (Phi) is 13.8. The van der Waals surface area contributed by atoms with E-state index < -0.39 is 0 Å². The van der Waals surface area contributed by atoms with Gasteiger partial charge in [-0.2, -0.15) is 0 Å². The summed E-state index contributed by atoms with van der Waals surface area (Å²) in [4.78, 5) is 4.21. The molecule has 142 valence electrons. The molecular formula is C17H35N3O4. The largest absolute Gasteiger partial charge is 0.382 e. The van der Waals surface area contributed by atoms with Crippen molar-refractivity contribution in [1.82, 2.24) is 10.6 Å². The SMILES string of the molecule is CN=C(NCCCCOCCOC)NCCCOCC1CCCO1. The van der Waals surface area contributed by atoms with Crippen LogP contribution in [0.25, 0.3) is 0 Å². The van der Waals surface area contributed by atoms with Gasteiger partial charge in [-0.1, -0.05) is 0 Å². The Bertz CT molecular complexity index is 310. The van der Waals surface area contributed by atoms with Gasteiger partial charge in [-0.3, -0.25) is 4.99 Å². The Morgan fingerprint density at radius 1 is 1.04 bits per heavy atom. The molecule has 0 aromatic carbocycles. The van der Waals surface area contributed by atoms with Crippen LogP contribution in [-0.4, -0.2) is 79.0 Å². The standard InChI is InChI=1S/C17H35N3O4/c1-18-17(19-8-3-4-10-22-14-13-21-2)20-9-6-11-23-15-16-7-5-12-24-16/h16H,3-15H2,1-2H3,(H2,18,19,20). The molecule has 0 spiro atoms. The molecule has 1 saturated heterocycles. The predicted molar refractivity (Wildman–Crippen MR) is 95.7 cm³/mol. The average molecular weight is 345 g/mol. The molecule has 0 aliphatic carbocycles. The maximum Gasteiger partial charge on any atom is 0.190 e. The highest BCUT2D eigenvalue weighted by Gasteiger charge is 2.14. The number of unbranched alkanes of at least 4 members (excludes halogenated alkanes) is 1. The van der Waals surface area contributed by atoms with Gasteiger partial charge in [-0.05, 0) is 32.1 Å². The van der Waals surface area contributed by atoms with E-state index in [-0.39, 0.29) is 0 Å². The lowest BCUT2D eigenvalue weighted by atomic mass is 10.2. The van der Waals surface area contributed by atoms with Crippen LogP contribution in [0.2, 0.25) is 0 Å². The Balaban J connectivity index is 1.85. The molecule has 1 aliphatic heterocycles. The van der Waals surface area contributed by atoms with E-state index in [2.05, 4.69) is 15.6 Å². The van der Waals surface area contributed by atoms with Crippen molar-refractivity contribution >= 4 is 5.96 Å². The third kappa shape index (κ3) is 11.6. The molecule has 0 aromatic heterocycles. The van der Waals surface area contributed by atoms with Crippen LogP contribution in [0.1, 0.15) is 32.1 Å². The average Bonchev–Trinajstić information content (AvgIpc) is 3.11. The summed E-state index contributed by atoms with van der Waals surface area (Å²) in [7, 11) is 3.47. The third-order valence-electron chi connectivity index (χ3n) is 3.75. The van der Waals surface area contributed by atoms with E-state index in [1.807, 2.05) is 0 Å². The Morgan fingerprint density at radius 3 is 2.54 bits per heavy atom. The molecule has 1 unspecified atom stereocenters. The number of rotatable bonds is 14. The number of methoxy groups -OCH3 is 1. The van der Waals surface area contributed by atoms with Gasteiger partial charge in [0.25, 0.3) is 0 Å². The van der Waals surface area contributed by atoms with Crippen LogP contribution in [0.3, 0.4) is 0 Å². The van der Waals surface area contributed by atoms with Gasteiger partial charge in [0.15, 0.2) is 5.96 Å². The van der Waals surface area contributed by atoms with Crippen LogP contribution < -0.4 is 10.6 Å². The zero-order chi connectivity index (χ0) is 17.3. The predicted octanol–water partition coefficient (Wildman–Crippen LogP) is 1.18. The van der Waals surface area contributed by atoms with E-state index in [9.17, 15) is 0 Å². The van der Waals surface area contributed by atoms with Gasteiger partial charge in [-0.25, -0.2) is 0 Å². The van der Waals surface area contributed by atoms with Crippen molar-refractivity contribution in [2.45, 2.75) is 38.2 Å². The van der Waals surface area contributed by atoms with Crippen molar-refractivity contribution in [2.24, 2.45) is 4.99 Å². The van der Waals surface area contributed by atoms with Crippen molar-refractivity contribution in [3.05, 3.63) is 0 Å². The Morgan fingerprint density at radius 2 is 1.83 bits per heavy atom. The Hall–Kier alpha value is -0.890. The van der Waals surface area contributed by atoms with Crippen LogP contribution in [0.5, 0.6) is 0 Å². The van der Waals surface area contributed by atoms with E-state index in [4.69, 9.17) is 18.9 Å². The summed E-state index contributed by atoms with van der Waals surface area (Å²) in [5, 5.41) is 6.60. The van der Waals surface area contributed by atoms with E-state index in [0.717, 1.165) is 77.6 Å². The van der Waals surface area contributed by atoms with Crippen LogP contribution >= 0.6 is 0 Å². The minimum atomic E-state index is 0.311. The molecule has 24 heavy (non-hydrogen) atoms. The lowest BCUT2D eigenvalue weighted by Gasteiger charge is -2.13. The summed E-state index contributed by atoms with van der Waals surface area (Å²) in [6.45, 7) is 6.21. The molecule has 1 heterocycles. The fraction of sp³-hybridized carbons (Fsp3) is 0.941. The highest BCUT2D eigenvalue weighted by Crippen LogP contribution is 2.11. The van der Waals surface area contributed by atoms with E-state index >= 15 is 0 Å². The summed E-state index contributed by atoms with van der Waals surface area (Å²) >= 11 is 0. The number of ether oxygens (including phenoxy) is 4. The number of nitrogens with one attached hydrogen (secondary N) is 2. The Labute approximate surface area is 146 Å². The van der Waals surface area contributed by atoms with E-state index in [1.165, 1.54) is 0 Å². The zero-order valence-electron chi connectivity index (χ0n) is 15.3. The monoisotopic (exact) mass is 345 g/mol. The minimum Gasteiger partial charge on any atom is -0.382 e. The maximum atomic E-state index is 5.64. The molecule has 7 heteroatoms. The van der Waals surface area contributed by atoms with Gasteiger partial charge in [-0.15, -0.1) is 0 Å². The van der Waals surface area contributed by atoms with Gasteiger partial charge in [0, 0.05) is 47.1 Å². The van der Waals surface area contributed by atoms with Crippen molar-refractivity contribution in [3.8, 4) is 0 Å². The number of aliphatic imine (C=N–C) groups is 1. The molecule has 2 N–H and O–H groups in total. The van der Waals surface area contributed by atoms with Crippen LogP contribution in [0.4, 0.5) is 0 Å². The second-order valence-corrected chi connectivity index (χ2v) is 5.80. The summed E-state index contributed by atoms with van der Waals surface area (Å²) < 4.78 is 21.5. The lowest BCUT2D eigenvalue weighted by molar-refractivity contribution is 0.0168. The number of hydrogen-bond acceptors (Lipinski definition) is 5. The highest BCUT2D eigenvalue weighted by atomic mass is 16.5. The number of guanidine groups is 1. The molecule has 0 saturated carbocycles. The van der Waals surface area contributed by atoms with Crippen LogP contribution in [-0.2, 0) is 18.9 Å². The van der Waals surface area contributed by atoms with Crippen molar-refractivity contribution in [2.75, 3.05) is 66.9 Å². The second kappa shape index (κ2) is 15.6. The first-order chi connectivity index (χ1) is 11.9. The fourth-order valence-corrected chi connectivity index (χ4v) is 2.37. The van der Waals surface area contributed by atoms with Gasteiger partial charge in [0.05, 0.1) is 25.9 Å². The highest BCUT2D eigenvalue weighted by molar-refractivity contribution is 5.79. The molecular weight excluding hydrogens is 310 g/mol. The topological polar surface area (TPSA) is 73.3 Å². The molecule has 1 atom stereocenters. The molecule has 0 bridgehead atoms. The normalized spacial score (nSPS) is 18.1. The molecule has 0 aromatic rings. The molecule has 1 rings (SSSR count). The number of hydrogen-bond donors (Lipinski definition) is 2. The fourth-order valence-electron chi connectivity index (χ4n) is 2.37. The van der Waals surface area contributed by atoms with Crippen LogP contribution in [0, 0.1) is 0 Å². The summed E-state index contributed by atoms with van der Waals surface area (Å²) in [6.07, 6.45) is 5.65. The molecule has 0 radical (unpaired) electrons. The first kappa shape index (κ1) is 21.2. The first-order valence-corrected chi connectivity index (χ1v) is 9.07.